The van der Waals surface area contributed by atoms with Crippen molar-refractivity contribution < 1.29 is 14.2 Å². The fourth-order valence-electron chi connectivity index (χ4n) is 2.63. The lowest BCUT2D eigenvalue weighted by Gasteiger charge is -2.26. The van der Waals surface area contributed by atoms with Crippen molar-refractivity contribution in [1.82, 2.24) is 0 Å². The largest absolute Gasteiger partial charge is 0.494 e. The second-order valence-electron chi connectivity index (χ2n) is 6.15. The summed E-state index contributed by atoms with van der Waals surface area (Å²) in [4.78, 5) is 0. The lowest BCUT2D eigenvalue weighted by Crippen LogP contribution is -2.18. The van der Waals surface area contributed by atoms with E-state index in [1.165, 1.54) is 11.1 Å². The van der Waals surface area contributed by atoms with E-state index in [0.29, 0.717) is 19.8 Å². The highest BCUT2D eigenvalue weighted by Crippen LogP contribution is 2.33. The van der Waals surface area contributed by atoms with Crippen molar-refractivity contribution in [3.05, 3.63) is 59.7 Å². The molecule has 0 N–H and O–H groups in total. The molecule has 0 fully saturated rings. The van der Waals surface area contributed by atoms with Crippen molar-refractivity contribution in [3.63, 3.8) is 0 Å². The van der Waals surface area contributed by atoms with Gasteiger partial charge in [-0.3, -0.25) is 0 Å². The van der Waals surface area contributed by atoms with Gasteiger partial charge >= 0.3 is 0 Å². The van der Waals surface area contributed by atoms with Crippen LogP contribution in [0.3, 0.4) is 0 Å². The predicted octanol–water partition coefficient (Wildman–Crippen LogP) is 4.83. The van der Waals surface area contributed by atoms with E-state index < -0.39 is 0 Å². The van der Waals surface area contributed by atoms with Crippen LogP contribution in [0.25, 0.3) is 0 Å². The Bertz CT molecular complexity index is 600. The quantitative estimate of drug-likeness (QED) is 0.617. The van der Waals surface area contributed by atoms with Gasteiger partial charge in [-0.15, -0.1) is 0 Å². The van der Waals surface area contributed by atoms with Crippen LogP contribution in [0.5, 0.6) is 11.5 Å². The van der Waals surface area contributed by atoms with E-state index >= 15 is 0 Å². The molecule has 2 rings (SSSR count). The van der Waals surface area contributed by atoms with Crippen LogP contribution in [-0.2, 0) is 10.2 Å². The van der Waals surface area contributed by atoms with Gasteiger partial charge in [0.05, 0.1) is 13.2 Å². The van der Waals surface area contributed by atoms with Gasteiger partial charge in [-0.2, -0.15) is 0 Å². The first kappa shape index (κ1) is 18.3. The molecule has 24 heavy (non-hydrogen) atoms. The van der Waals surface area contributed by atoms with Crippen molar-refractivity contribution in [2.75, 3.05) is 26.4 Å². The minimum atomic E-state index is -0.0748. The standard InChI is InChI=1S/C21H28O3/c1-5-22-15-16-24-20-13-9-18(10-14-20)21(3,4)17-7-11-19(12-8-17)23-6-2/h7-14H,5-6,15-16H2,1-4H3. The molecule has 0 atom stereocenters. The maximum Gasteiger partial charge on any atom is 0.119 e. The van der Waals surface area contributed by atoms with Crippen molar-refractivity contribution in [2.24, 2.45) is 0 Å². The molecule has 0 heterocycles. The van der Waals surface area contributed by atoms with E-state index in [1.54, 1.807) is 0 Å². The summed E-state index contributed by atoms with van der Waals surface area (Å²) in [5.74, 6) is 1.79. The molecule has 0 aliphatic rings. The van der Waals surface area contributed by atoms with Crippen LogP contribution in [0, 0.1) is 0 Å². The van der Waals surface area contributed by atoms with E-state index in [0.717, 1.165) is 18.1 Å². The molecule has 0 spiro atoms. The lowest BCUT2D eigenvalue weighted by atomic mass is 9.78. The number of hydrogen-bond donors (Lipinski definition) is 0. The van der Waals surface area contributed by atoms with E-state index in [1.807, 2.05) is 38.1 Å². The highest BCUT2D eigenvalue weighted by molar-refractivity contribution is 5.41. The first-order valence-electron chi connectivity index (χ1n) is 8.62. The molecule has 130 valence electrons. The minimum absolute atomic E-state index is 0.0748. The highest BCUT2D eigenvalue weighted by Gasteiger charge is 2.23. The third kappa shape index (κ3) is 4.75. The fourth-order valence-corrected chi connectivity index (χ4v) is 2.63. The van der Waals surface area contributed by atoms with Gasteiger partial charge < -0.3 is 14.2 Å². The summed E-state index contributed by atoms with van der Waals surface area (Å²) in [6, 6.07) is 16.7. The Kier molecular flexibility index (Phi) is 6.68. The van der Waals surface area contributed by atoms with Gasteiger partial charge in [0.2, 0.25) is 0 Å². The molecule has 0 radical (unpaired) electrons. The summed E-state index contributed by atoms with van der Waals surface area (Å²) in [7, 11) is 0. The lowest BCUT2D eigenvalue weighted by molar-refractivity contribution is 0.110. The molecule has 0 aliphatic heterocycles. The topological polar surface area (TPSA) is 27.7 Å². The Labute approximate surface area is 145 Å². The Balaban J connectivity index is 2.05. The molecule has 2 aromatic rings. The predicted molar refractivity (Wildman–Crippen MR) is 98.2 cm³/mol. The molecule has 0 unspecified atom stereocenters. The molecule has 2 aromatic carbocycles. The normalized spacial score (nSPS) is 11.3. The molecule has 3 nitrogen and oxygen atoms in total. The highest BCUT2D eigenvalue weighted by atomic mass is 16.5. The smallest absolute Gasteiger partial charge is 0.119 e. The van der Waals surface area contributed by atoms with Crippen LogP contribution in [0.15, 0.2) is 48.5 Å². The van der Waals surface area contributed by atoms with Crippen LogP contribution in [-0.4, -0.2) is 26.4 Å². The molecule has 0 saturated heterocycles. The maximum absolute atomic E-state index is 5.68. The number of rotatable bonds is 9. The van der Waals surface area contributed by atoms with Crippen molar-refractivity contribution in [3.8, 4) is 11.5 Å². The average molecular weight is 328 g/mol. The molecule has 0 saturated carbocycles. The molecule has 0 aliphatic carbocycles. The van der Waals surface area contributed by atoms with Crippen LogP contribution >= 0.6 is 0 Å². The third-order valence-corrected chi connectivity index (χ3v) is 4.16. The molecular formula is C21H28O3. The monoisotopic (exact) mass is 328 g/mol. The summed E-state index contributed by atoms with van der Waals surface area (Å²) < 4.78 is 16.5. The van der Waals surface area contributed by atoms with Crippen molar-refractivity contribution in [1.29, 1.82) is 0 Å². The van der Waals surface area contributed by atoms with Crippen LogP contribution < -0.4 is 9.47 Å². The Morgan fingerprint density at radius 2 is 1.17 bits per heavy atom. The second kappa shape index (κ2) is 8.74. The number of hydrogen-bond acceptors (Lipinski definition) is 3. The Hall–Kier alpha value is -2.00. The molecule has 0 bridgehead atoms. The number of ether oxygens (including phenoxy) is 3. The van der Waals surface area contributed by atoms with Crippen molar-refractivity contribution in [2.45, 2.75) is 33.1 Å². The average Bonchev–Trinajstić information content (AvgIpc) is 2.60. The zero-order chi connectivity index (χ0) is 17.4. The Morgan fingerprint density at radius 1 is 0.667 bits per heavy atom. The second-order valence-corrected chi connectivity index (χ2v) is 6.15. The van der Waals surface area contributed by atoms with Crippen molar-refractivity contribution >= 4 is 0 Å². The first-order valence-corrected chi connectivity index (χ1v) is 8.62. The van der Waals surface area contributed by atoms with Crippen LogP contribution in [0.1, 0.15) is 38.8 Å². The summed E-state index contributed by atoms with van der Waals surface area (Å²) in [6.07, 6.45) is 0. The summed E-state index contributed by atoms with van der Waals surface area (Å²) in [6.45, 7) is 11.0. The van der Waals surface area contributed by atoms with Crippen LogP contribution in [0.2, 0.25) is 0 Å². The third-order valence-electron chi connectivity index (χ3n) is 4.16. The zero-order valence-electron chi connectivity index (χ0n) is 15.2. The first-order chi connectivity index (χ1) is 11.6. The zero-order valence-corrected chi connectivity index (χ0v) is 15.2. The van der Waals surface area contributed by atoms with Gasteiger partial charge in [-0.25, -0.2) is 0 Å². The summed E-state index contributed by atoms with van der Waals surface area (Å²) in [5, 5.41) is 0. The summed E-state index contributed by atoms with van der Waals surface area (Å²) >= 11 is 0. The Morgan fingerprint density at radius 3 is 1.62 bits per heavy atom. The van der Waals surface area contributed by atoms with Gasteiger partial charge in [0.1, 0.15) is 18.1 Å². The van der Waals surface area contributed by atoms with Gasteiger partial charge in [-0.05, 0) is 49.2 Å². The molecule has 0 aromatic heterocycles. The van der Waals surface area contributed by atoms with E-state index in [2.05, 4.69) is 38.1 Å². The van der Waals surface area contributed by atoms with Crippen LogP contribution in [0.4, 0.5) is 0 Å². The van der Waals surface area contributed by atoms with Gasteiger partial charge in [-0.1, -0.05) is 38.1 Å². The molecule has 0 amide bonds. The van der Waals surface area contributed by atoms with Gasteiger partial charge in [0, 0.05) is 12.0 Å². The van der Waals surface area contributed by atoms with Gasteiger partial charge in [0.15, 0.2) is 0 Å². The SMILES string of the molecule is CCOCCOc1ccc(C(C)(C)c2ccc(OCC)cc2)cc1. The molecular weight excluding hydrogens is 300 g/mol. The van der Waals surface area contributed by atoms with Gasteiger partial charge in [0.25, 0.3) is 0 Å². The van der Waals surface area contributed by atoms with E-state index in [4.69, 9.17) is 14.2 Å². The minimum Gasteiger partial charge on any atom is -0.494 e. The van der Waals surface area contributed by atoms with E-state index in [-0.39, 0.29) is 5.41 Å². The fraction of sp³-hybridized carbons (Fsp3) is 0.429. The van der Waals surface area contributed by atoms with E-state index in [9.17, 15) is 0 Å². The summed E-state index contributed by atoms with van der Waals surface area (Å²) in [5.41, 5.74) is 2.44. The maximum atomic E-state index is 5.68. The molecule has 3 heteroatoms. The number of benzene rings is 2.